The van der Waals surface area contributed by atoms with Gasteiger partial charge in [0.1, 0.15) is 0 Å². The topological polar surface area (TPSA) is 32.3 Å². The molecule has 4 heteroatoms. The molecule has 1 amide bonds. The van der Waals surface area contributed by atoms with E-state index in [2.05, 4.69) is 46.6 Å². The standard InChI is InChI=1S/C26H27ClN2O/c27-24-15-13-20(14-16-24)18-29-17-7-12-23(19-29)26(30)28-25(21-8-3-1-4-9-21)22-10-5-2-6-11-22/h1-6,8-11,13-16,23,25H,7,12,17-19H2,(H,28,30)/t23-/m0/s1. The minimum Gasteiger partial charge on any atom is -0.345 e. The molecule has 3 nitrogen and oxygen atoms in total. The number of rotatable bonds is 6. The summed E-state index contributed by atoms with van der Waals surface area (Å²) in [5.41, 5.74) is 3.43. The highest BCUT2D eigenvalue weighted by molar-refractivity contribution is 6.30. The zero-order chi connectivity index (χ0) is 20.8. The van der Waals surface area contributed by atoms with E-state index in [1.807, 2.05) is 48.5 Å². The molecule has 4 rings (SSSR count). The number of hydrogen-bond acceptors (Lipinski definition) is 2. The molecule has 1 saturated heterocycles. The molecule has 1 aliphatic rings. The van der Waals surface area contributed by atoms with E-state index < -0.39 is 0 Å². The zero-order valence-corrected chi connectivity index (χ0v) is 17.8. The van der Waals surface area contributed by atoms with Gasteiger partial charge in [0.15, 0.2) is 0 Å². The zero-order valence-electron chi connectivity index (χ0n) is 17.0. The van der Waals surface area contributed by atoms with Crippen LogP contribution in [0.4, 0.5) is 0 Å². The molecule has 0 bridgehead atoms. The lowest BCUT2D eigenvalue weighted by atomic mass is 9.94. The Hall–Kier alpha value is -2.62. The van der Waals surface area contributed by atoms with Crippen LogP contribution in [0.1, 0.15) is 35.6 Å². The minimum atomic E-state index is -0.133. The highest BCUT2D eigenvalue weighted by Gasteiger charge is 2.28. The first-order chi connectivity index (χ1) is 14.7. The molecule has 1 fully saturated rings. The van der Waals surface area contributed by atoms with E-state index in [1.54, 1.807) is 0 Å². The Morgan fingerprint density at radius 2 is 1.53 bits per heavy atom. The van der Waals surface area contributed by atoms with Crippen molar-refractivity contribution in [3.05, 3.63) is 107 Å². The van der Waals surface area contributed by atoms with Crippen LogP contribution in [0.3, 0.4) is 0 Å². The molecule has 1 N–H and O–H groups in total. The van der Waals surface area contributed by atoms with Crippen LogP contribution in [0.5, 0.6) is 0 Å². The lowest BCUT2D eigenvalue weighted by Crippen LogP contribution is -2.43. The van der Waals surface area contributed by atoms with Gasteiger partial charge in [0.25, 0.3) is 0 Å². The van der Waals surface area contributed by atoms with Gasteiger partial charge in [-0.1, -0.05) is 84.4 Å². The van der Waals surface area contributed by atoms with Crippen LogP contribution in [-0.4, -0.2) is 23.9 Å². The van der Waals surface area contributed by atoms with Gasteiger partial charge in [0.2, 0.25) is 5.91 Å². The second-order valence-electron chi connectivity index (χ2n) is 7.96. The smallest absolute Gasteiger partial charge is 0.225 e. The molecular weight excluding hydrogens is 392 g/mol. The number of likely N-dealkylation sites (tertiary alicyclic amines) is 1. The fraction of sp³-hybridized carbons (Fsp3) is 0.269. The molecule has 0 aromatic heterocycles. The molecule has 0 saturated carbocycles. The van der Waals surface area contributed by atoms with Crippen molar-refractivity contribution in [3.63, 3.8) is 0 Å². The number of halogens is 1. The molecule has 1 heterocycles. The van der Waals surface area contributed by atoms with Crippen molar-refractivity contribution in [2.45, 2.75) is 25.4 Å². The van der Waals surface area contributed by atoms with Crippen molar-refractivity contribution in [2.24, 2.45) is 5.92 Å². The first kappa shape index (κ1) is 20.6. The number of benzene rings is 3. The number of nitrogens with one attached hydrogen (secondary N) is 1. The molecule has 154 valence electrons. The third kappa shape index (κ3) is 5.29. The number of piperidine rings is 1. The molecule has 1 aliphatic heterocycles. The van der Waals surface area contributed by atoms with Gasteiger partial charge < -0.3 is 5.32 Å². The van der Waals surface area contributed by atoms with Crippen LogP contribution < -0.4 is 5.32 Å². The SMILES string of the molecule is O=C(NC(c1ccccc1)c1ccccc1)[C@H]1CCCN(Cc2ccc(Cl)cc2)C1. The summed E-state index contributed by atoms with van der Waals surface area (Å²) >= 11 is 6.00. The van der Waals surface area contributed by atoms with Gasteiger partial charge >= 0.3 is 0 Å². The number of nitrogens with zero attached hydrogens (tertiary/aromatic N) is 1. The molecule has 3 aromatic rings. The van der Waals surface area contributed by atoms with E-state index in [1.165, 1.54) is 5.56 Å². The lowest BCUT2D eigenvalue weighted by molar-refractivity contribution is -0.127. The predicted molar refractivity (Wildman–Crippen MR) is 122 cm³/mol. The van der Waals surface area contributed by atoms with Crippen molar-refractivity contribution < 1.29 is 4.79 Å². The Balaban J connectivity index is 1.45. The Morgan fingerprint density at radius 3 is 2.13 bits per heavy atom. The number of amides is 1. The van der Waals surface area contributed by atoms with Gasteiger partial charge in [-0.15, -0.1) is 0 Å². The maximum atomic E-state index is 13.2. The monoisotopic (exact) mass is 418 g/mol. The minimum absolute atomic E-state index is 0.000902. The molecule has 3 aromatic carbocycles. The fourth-order valence-electron chi connectivity index (χ4n) is 4.17. The number of hydrogen-bond donors (Lipinski definition) is 1. The van der Waals surface area contributed by atoms with Gasteiger partial charge in [-0.3, -0.25) is 9.69 Å². The van der Waals surface area contributed by atoms with Gasteiger partial charge in [-0.2, -0.15) is 0 Å². The molecule has 1 atom stereocenters. The summed E-state index contributed by atoms with van der Waals surface area (Å²) in [7, 11) is 0. The maximum absolute atomic E-state index is 13.2. The highest BCUT2D eigenvalue weighted by Crippen LogP contribution is 2.25. The third-order valence-corrected chi connectivity index (χ3v) is 6.00. The number of carbonyl (C=O) groups excluding carboxylic acids is 1. The quantitative estimate of drug-likeness (QED) is 0.576. The molecule has 30 heavy (non-hydrogen) atoms. The van der Waals surface area contributed by atoms with E-state index in [4.69, 9.17) is 11.6 Å². The van der Waals surface area contributed by atoms with E-state index in [0.29, 0.717) is 0 Å². The maximum Gasteiger partial charge on any atom is 0.225 e. The Labute approximate surface area is 183 Å². The van der Waals surface area contributed by atoms with E-state index in [-0.39, 0.29) is 17.9 Å². The van der Waals surface area contributed by atoms with E-state index in [9.17, 15) is 4.79 Å². The second kappa shape index (κ2) is 9.92. The van der Waals surface area contributed by atoms with Crippen LogP contribution in [0.2, 0.25) is 5.02 Å². The molecular formula is C26H27ClN2O. The van der Waals surface area contributed by atoms with E-state index >= 15 is 0 Å². The third-order valence-electron chi connectivity index (χ3n) is 5.75. The van der Waals surface area contributed by atoms with Crippen LogP contribution in [0, 0.1) is 5.92 Å². The molecule has 0 aliphatic carbocycles. The Bertz CT molecular complexity index is 904. The molecule has 0 radical (unpaired) electrons. The summed E-state index contributed by atoms with van der Waals surface area (Å²) in [5.74, 6) is 0.134. The summed E-state index contributed by atoms with van der Waals surface area (Å²) < 4.78 is 0. The lowest BCUT2D eigenvalue weighted by Gasteiger charge is -2.33. The first-order valence-electron chi connectivity index (χ1n) is 10.6. The highest BCUT2D eigenvalue weighted by atomic mass is 35.5. The summed E-state index contributed by atoms with van der Waals surface area (Å²) in [6.07, 6.45) is 1.96. The Kier molecular flexibility index (Phi) is 6.83. The summed E-state index contributed by atoms with van der Waals surface area (Å²) in [6, 6.07) is 28.2. The van der Waals surface area contributed by atoms with Crippen molar-refractivity contribution in [2.75, 3.05) is 13.1 Å². The van der Waals surface area contributed by atoms with Crippen molar-refractivity contribution in [1.29, 1.82) is 0 Å². The van der Waals surface area contributed by atoms with Crippen molar-refractivity contribution >= 4 is 17.5 Å². The average Bonchev–Trinajstić information content (AvgIpc) is 2.80. The molecule has 0 spiro atoms. The van der Waals surface area contributed by atoms with E-state index in [0.717, 1.165) is 48.6 Å². The van der Waals surface area contributed by atoms with Gasteiger partial charge in [-0.05, 0) is 48.2 Å². The summed E-state index contributed by atoms with van der Waals surface area (Å²) in [6.45, 7) is 2.65. The average molecular weight is 419 g/mol. The van der Waals surface area contributed by atoms with Gasteiger partial charge in [-0.25, -0.2) is 0 Å². The van der Waals surface area contributed by atoms with Crippen molar-refractivity contribution in [1.82, 2.24) is 10.2 Å². The van der Waals surface area contributed by atoms with Gasteiger partial charge in [0.05, 0.1) is 12.0 Å². The normalized spacial score (nSPS) is 17.1. The second-order valence-corrected chi connectivity index (χ2v) is 8.40. The number of carbonyl (C=O) groups is 1. The fourth-order valence-corrected chi connectivity index (χ4v) is 4.30. The first-order valence-corrected chi connectivity index (χ1v) is 10.9. The largest absolute Gasteiger partial charge is 0.345 e. The van der Waals surface area contributed by atoms with Crippen LogP contribution >= 0.6 is 11.6 Å². The molecule has 0 unspecified atom stereocenters. The Morgan fingerprint density at radius 1 is 0.933 bits per heavy atom. The van der Waals surface area contributed by atoms with Gasteiger partial charge in [0, 0.05) is 18.1 Å². The summed E-state index contributed by atoms with van der Waals surface area (Å²) in [5, 5.41) is 4.08. The van der Waals surface area contributed by atoms with Crippen LogP contribution in [0.15, 0.2) is 84.9 Å². The summed E-state index contributed by atoms with van der Waals surface area (Å²) in [4.78, 5) is 15.6. The van der Waals surface area contributed by atoms with Crippen molar-refractivity contribution in [3.8, 4) is 0 Å². The van der Waals surface area contributed by atoms with Crippen LogP contribution in [-0.2, 0) is 11.3 Å². The predicted octanol–water partition coefficient (Wildman–Crippen LogP) is 5.46. The van der Waals surface area contributed by atoms with Crippen LogP contribution in [0.25, 0.3) is 0 Å².